The Morgan fingerprint density at radius 2 is 1.89 bits per heavy atom. The fourth-order valence-corrected chi connectivity index (χ4v) is 1.70. The second kappa shape index (κ2) is 4.87. The average Bonchev–Trinajstić information content (AvgIpc) is 2.39. The number of hydrogen-bond donors (Lipinski definition) is 1. The number of benzene rings is 2. The summed E-state index contributed by atoms with van der Waals surface area (Å²) >= 11 is 0. The number of carboxylic acids is 1. The number of carboxylic acid groups (broad SMARTS) is 1. The van der Waals surface area contributed by atoms with Gasteiger partial charge in [0.15, 0.2) is 0 Å². The maximum absolute atomic E-state index is 14.1. The van der Waals surface area contributed by atoms with Crippen LogP contribution in [0.3, 0.4) is 0 Å². The third kappa shape index (κ3) is 2.18. The molecule has 0 fully saturated rings. The topological polar surface area (TPSA) is 46.5 Å². The molecule has 0 atom stereocenters. The molecule has 0 aliphatic rings. The molecule has 2 aromatic carbocycles. The summed E-state index contributed by atoms with van der Waals surface area (Å²) in [7, 11) is 1.41. The van der Waals surface area contributed by atoms with Gasteiger partial charge in [0.05, 0.1) is 12.7 Å². The summed E-state index contributed by atoms with van der Waals surface area (Å²) < 4.78 is 19.1. The van der Waals surface area contributed by atoms with E-state index in [1.807, 2.05) is 0 Å². The standard InChI is InChI=1S/C14H11FO3/c1-18-10-7-11(9-5-3-2-4-6-9)13(15)12(8-10)14(16)17/h2-8H,1H3,(H,16,17). The van der Waals surface area contributed by atoms with Gasteiger partial charge in [0.25, 0.3) is 0 Å². The van der Waals surface area contributed by atoms with E-state index in [2.05, 4.69) is 0 Å². The van der Waals surface area contributed by atoms with Crippen LogP contribution in [0, 0.1) is 5.82 Å². The Morgan fingerprint density at radius 3 is 2.44 bits per heavy atom. The normalized spacial score (nSPS) is 10.1. The fourth-order valence-electron chi connectivity index (χ4n) is 1.70. The lowest BCUT2D eigenvalue weighted by atomic mass is 10.0. The minimum Gasteiger partial charge on any atom is -0.497 e. The smallest absolute Gasteiger partial charge is 0.338 e. The van der Waals surface area contributed by atoms with Crippen LogP contribution in [0.4, 0.5) is 4.39 Å². The van der Waals surface area contributed by atoms with Crippen molar-refractivity contribution in [2.24, 2.45) is 0 Å². The second-order valence-electron chi connectivity index (χ2n) is 3.71. The first-order chi connectivity index (χ1) is 8.63. The SMILES string of the molecule is COc1cc(C(=O)O)c(F)c(-c2ccccc2)c1. The van der Waals surface area contributed by atoms with Crippen LogP contribution in [0.2, 0.25) is 0 Å². The number of aromatic carboxylic acids is 1. The molecule has 0 radical (unpaired) electrons. The van der Waals surface area contributed by atoms with Gasteiger partial charge in [0, 0.05) is 5.56 Å². The molecule has 0 aliphatic heterocycles. The molecular formula is C14H11FO3. The number of carbonyl (C=O) groups is 1. The lowest BCUT2D eigenvalue weighted by Gasteiger charge is -2.09. The van der Waals surface area contributed by atoms with Gasteiger partial charge in [-0.05, 0) is 17.7 Å². The lowest BCUT2D eigenvalue weighted by molar-refractivity contribution is 0.0691. The summed E-state index contributed by atoms with van der Waals surface area (Å²) in [4.78, 5) is 11.0. The summed E-state index contributed by atoms with van der Waals surface area (Å²) in [5.41, 5.74) is 0.428. The first-order valence-corrected chi connectivity index (χ1v) is 5.29. The molecule has 2 aromatic rings. The molecule has 1 N–H and O–H groups in total. The van der Waals surface area contributed by atoms with Crippen LogP contribution in [-0.4, -0.2) is 18.2 Å². The largest absolute Gasteiger partial charge is 0.497 e. The molecule has 2 rings (SSSR count). The van der Waals surface area contributed by atoms with Gasteiger partial charge in [0.2, 0.25) is 0 Å². The monoisotopic (exact) mass is 246 g/mol. The van der Waals surface area contributed by atoms with Gasteiger partial charge in [0.1, 0.15) is 11.6 Å². The van der Waals surface area contributed by atoms with Crippen molar-refractivity contribution in [3.8, 4) is 16.9 Å². The zero-order valence-electron chi connectivity index (χ0n) is 9.68. The lowest BCUT2D eigenvalue weighted by Crippen LogP contribution is -2.03. The van der Waals surface area contributed by atoms with Crippen molar-refractivity contribution in [3.05, 3.63) is 53.8 Å². The van der Waals surface area contributed by atoms with Crippen molar-refractivity contribution in [2.75, 3.05) is 7.11 Å². The van der Waals surface area contributed by atoms with Gasteiger partial charge < -0.3 is 9.84 Å². The third-order valence-electron chi connectivity index (χ3n) is 2.60. The van der Waals surface area contributed by atoms with E-state index in [1.165, 1.54) is 19.2 Å². The second-order valence-corrected chi connectivity index (χ2v) is 3.71. The highest BCUT2D eigenvalue weighted by atomic mass is 19.1. The van der Waals surface area contributed by atoms with Crippen LogP contribution in [0.5, 0.6) is 5.75 Å². The zero-order valence-corrected chi connectivity index (χ0v) is 9.68. The maximum atomic E-state index is 14.1. The quantitative estimate of drug-likeness (QED) is 0.904. The number of ether oxygens (including phenoxy) is 1. The molecule has 0 heterocycles. The van der Waals surface area contributed by atoms with E-state index in [4.69, 9.17) is 9.84 Å². The predicted molar refractivity (Wildman–Crippen MR) is 65.3 cm³/mol. The van der Waals surface area contributed by atoms with Crippen molar-refractivity contribution in [1.29, 1.82) is 0 Å². The van der Waals surface area contributed by atoms with E-state index in [9.17, 15) is 9.18 Å². The zero-order chi connectivity index (χ0) is 13.1. The van der Waals surface area contributed by atoms with E-state index in [0.29, 0.717) is 11.3 Å². The molecule has 0 saturated carbocycles. The Morgan fingerprint density at radius 1 is 1.22 bits per heavy atom. The number of rotatable bonds is 3. The fraction of sp³-hybridized carbons (Fsp3) is 0.0714. The molecule has 0 bridgehead atoms. The Kier molecular flexibility index (Phi) is 3.28. The molecule has 4 heteroatoms. The number of halogens is 1. The number of hydrogen-bond acceptors (Lipinski definition) is 2. The van der Waals surface area contributed by atoms with E-state index in [0.717, 1.165) is 0 Å². The minimum absolute atomic E-state index is 0.215. The van der Waals surface area contributed by atoms with Crippen molar-refractivity contribution >= 4 is 5.97 Å². The molecule has 0 amide bonds. The van der Waals surface area contributed by atoms with Gasteiger partial charge in [-0.1, -0.05) is 30.3 Å². The molecule has 0 unspecified atom stereocenters. The van der Waals surface area contributed by atoms with Gasteiger partial charge >= 0.3 is 5.97 Å². The van der Waals surface area contributed by atoms with Crippen LogP contribution in [-0.2, 0) is 0 Å². The molecule has 92 valence electrons. The highest BCUT2D eigenvalue weighted by Crippen LogP contribution is 2.29. The summed E-state index contributed by atoms with van der Waals surface area (Å²) in [6.07, 6.45) is 0. The minimum atomic E-state index is -1.32. The van der Waals surface area contributed by atoms with Gasteiger partial charge in [-0.25, -0.2) is 9.18 Å². The third-order valence-corrected chi connectivity index (χ3v) is 2.60. The van der Waals surface area contributed by atoms with Crippen molar-refractivity contribution in [3.63, 3.8) is 0 Å². The Bertz CT molecular complexity index is 579. The molecular weight excluding hydrogens is 235 g/mol. The van der Waals surface area contributed by atoms with Crippen molar-refractivity contribution in [2.45, 2.75) is 0 Å². The van der Waals surface area contributed by atoms with Crippen LogP contribution in [0.15, 0.2) is 42.5 Å². The first-order valence-electron chi connectivity index (χ1n) is 5.29. The maximum Gasteiger partial charge on any atom is 0.338 e. The number of methoxy groups -OCH3 is 1. The molecule has 0 spiro atoms. The average molecular weight is 246 g/mol. The molecule has 0 aliphatic carbocycles. The summed E-state index contributed by atoms with van der Waals surface area (Å²) in [6.45, 7) is 0. The van der Waals surface area contributed by atoms with Gasteiger partial charge in [-0.2, -0.15) is 0 Å². The summed E-state index contributed by atoms with van der Waals surface area (Å²) in [6, 6.07) is 11.4. The molecule has 3 nitrogen and oxygen atoms in total. The highest BCUT2D eigenvalue weighted by molar-refractivity contribution is 5.90. The van der Waals surface area contributed by atoms with Crippen molar-refractivity contribution in [1.82, 2.24) is 0 Å². The van der Waals surface area contributed by atoms with Crippen LogP contribution < -0.4 is 4.74 Å². The Balaban J connectivity index is 2.67. The van der Waals surface area contributed by atoms with E-state index in [-0.39, 0.29) is 5.56 Å². The van der Waals surface area contributed by atoms with Crippen LogP contribution in [0.1, 0.15) is 10.4 Å². The first kappa shape index (κ1) is 12.1. The molecule has 18 heavy (non-hydrogen) atoms. The van der Waals surface area contributed by atoms with Crippen LogP contribution >= 0.6 is 0 Å². The van der Waals surface area contributed by atoms with Crippen LogP contribution in [0.25, 0.3) is 11.1 Å². The van der Waals surface area contributed by atoms with Gasteiger partial charge in [-0.3, -0.25) is 0 Å². The van der Waals surface area contributed by atoms with E-state index < -0.39 is 17.3 Å². The molecule has 0 aromatic heterocycles. The Labute approximate surface area is 103 Å². The van der Waals surface area contributed by atoms with E-state index >= 15 is 0 Å². The highest BCUT2D eigenvalue weighted by Gasteiger charge is 2.17. The predicted octanol–water partition coefficient (Wildman–Crippen LogP) is 3.20. The summed E-state index contributed by atoms with van der Waals surface area (Å²) in [5.74, 6) is -1.76. The molecule has 0 saturated heterocycles. The van der Waals surface area contributed by atoms with E-state index in [1.54, 1.807) is 30.3 Å². The van der Waals surface area contributed by atoms with Gasteiger partial charge in [-0.15, -0.1) is 0 Å². The Hall–Kier alpha value is -2.36. The van der Waals surface area contributed by atoms with Crippen molar-refractivity contribution < 1.29 is 19.0 Å². The summed E-state index contributed by atoms with van der Waals surface area (Å²) in [5, 5.41) is 8.96.